The molecule has 3 aromatic rings. The van der Waals surface area contributed by atoms with Gasteiger partial charge in [-0.05, 0) is 43.2 Å². The Morgan fingerprint density at radius 1 is 1.23 bits per heavy atom. The predicted molar refractivity (Wildman–Crippen MR) is 114 cm³/mol. The van der Waals surface area contributed by atoms with Gasteiger partial charge in [-0.25, -0.2) is 4.68 Å². The van der Waals surface area contributed by atoms with Crippen molar-refractivity contribution in [2.75, 3.05) is 17.4 Å². The zero-order valence-corrected chi connectivity index (χ0v) is 17.0. The van der Waals surface area contributed by atoms with E-state index in [-0.39, 0.29) is 12.7 Å². The molecule has 0 saturated carbocycles. The lowest BCUT2D eigenvalue weighted by atomic mass is 9.94. The molecule has 0 radical (unpaired) electrons. The Bertz CT molecular complexity index is 1280. The fourth-order valence-electron chi connectivity index (χ4n) is 3.93. The number of amides is 1. The molecule has 154 valence electrons. The third-order valence-electron chi connectivity index (χ3n) is 5.49. The van der Waals surface area contributed by atoms with Crippen molar-refractivity contribution < 1.29 is 14.3 Å². The second-order valence-electron chi connectivity index (χ2n) is 7.41. The molecule has 0 aliphatic carbocycles. The number of ether oxygens (including phenoxy) is 2. The summed E-state index contributed by atoms with van der Waals surface area (Å²) in [6.07, 6.45) is 1.50. The Morgan fingerprint density at radius 2 is 2.03 bits per heavy atom. The summed E-state index contributed by atoms with van der Waals surface area (Å²) in [5.41, 5.74) is 4.06. The maximum atomic E-state index is 13.5. The zero-order chi connectivity index (χ0) is 21.5. The van der Waals surface area contributed by atoms with Crippen LogP contribution in [0, 0.1) is 18.3 Å². The van der Waals surface area contributed by atoms with Gasteiger partial charge in [-0.1, -0.05) is 24.3 Å². The highest BCUT2D eigenvalue weighted by Gasteiger charge is 2.35. The van der Waals surface area contributed by atoms with Gasteiger partial charge in [0.1, 0.15) is 23.5 Å². The van der Waals surface area contributed by atoms with E-state index in [0.29, 0.717) is 34.2 Å². The summed E-state index contributed by atoms with van der Waals surface area (Å²) in [4.78, 5) is 13.5. The predicted octanol–water partition coefficient (Wildman–Crippen LogP) is 3.72. The summed E-state index contributed by atoms with van der Waals surface area (Å²) in [5, 5.41) is 20.1. The topological polar surface area (TPSA) is 101 Å². The van der Waals surface area contributed by atoms with Crippen LogP contribution >= 0.6 is 0 Å². The highest BCUT2D eigenvalue weighted by atomic mass is 16.7. The number of allylic oxidation sites excluding steroid dienone is 1. The molecule has 3 heterocycles. The van der Waals surface area contributed by atoms with Crippen LogP contribution in [0.3, 0.4) is 0 Å². The number of anilines is 2. The number of hydrogen-bond donors (Lipinski definition) is 2. The lowest BCUT2D eigenvalue weighted by molar-refractivity contribution is -0.113. The molecule has 2 aromatic carbocycles. The molecule has 1 aromatic heterocycles. The fourth-order valence-corrected chi connectivity index (χ4v) is 3.93. The number of fused-ring (bicyclic) bond motifs is 2. The van der Waals surface area contributed by atoms with Crippen LogP contribution in [0.4, 0.5) is 11.5 Å². The molecule has 0 fully saturated rings. The van der Waals surface area contributed by atoms with Crippen LogP contribution in [-0.4, -0.2) is 22.5 Å². The molecule has 2 N–H and O–H groups in total. The quantitative estimate of drug-likeness (QED) is 0.679. The maximum absolute atomic E-state index is 13.5. The SMILES string of the molecule is CC1=C(C(=O)Nc2ccccc2C)C(c2ccc3c(c2)OCO3)n2ncc(C#N)c2N1. The number of nitrogens with zero attached hydrogens (tertiary/aromatic N) is 3. The van der Waals surface area contributed by atoms with Crippen molar-refractivity contribution in [1.29, 1.82) is 5.26 Å². The van der Waals surface area contributed by atoms with Gasteiger partial charge in [-0.2, -0.15) is 10.4 Å². The molecule has 2 aliphatic heterocycles. The Labute approximate surface area is 178 Å². The maximum Gasteiger partial charge on any atom is 0.255 e. The van der Waals surface area contributed by atoms with Crippen molar-refractivity contribution in [2.45, 2.75) is 19.9 Å². The third kappa shape index (κ3) is 3.07. The van der Waals surface area contributed by atoms with Crippen LogP contribution in [0.25, 0.3) is 0 Å². The molecule has 1 unspecified atom stereocenters. The van der Waals surface area contributed by atoms with E-state index in [0.717, 1.165) is 16.8 Å². The number of carbonyl (C=O) groups excluding carboxylic acids is 1. The minimum absolute atomic E-state index is 0.159. The van der Waals surface area contributed by atoms with Gasteiger partial charge < -0.3 is 20.1 Å². The Kier molecular flexibility index (Phi) is 4.37. The first kappa shape index (κ1) is 18.8. The van der Waals surface area contributed by atoms with Gasteiger partial charge in [-0.15, -0.1) is 0 Å². The summed E-state index contributed by atoms with van der Waals surface area (Å²) >= 11 is 0. The number of aromatic nitrogens is 2. The molecule has 0 bridgehead atoms. The van der Waals surface area contributed by atoms with E-state index in [9.17, 15) is 10.1 Å². The molecule has 31 heavy (non-hydrogen) atoms. The molecule has 1 amide bonds. The minimum Gasteiger partial charge on any atom is -0.454 e. The van der Waals surface area contributed by atoms with Gasteiger partial charge in [-0.3, -0.25) is 4.79 Å². The molecule has 8 heteroatoms. The largest absolute Gasteiger partial charge is 0.454 e. The van der Waals surface area contributed by atoms with E-state index in [1.54, 1.807) is 4.68 Å². The number of nitriles is 1. The highest BCUT2D eigenvalue weighted by Crippen LogP contribution is 2.41. The molecular formula is C23H19N5O3. The minimum atomic E-state index is -0.545. The van der Waals surface area contributed by atoms with E-state index in [4.69, 9.17) is 9.47 Å². The van der Waals surface area contributed by atoms with Crippen LogP contribution in [0.5, 0.6) is 11.5 Å². The van der Waals surface area contributed by atoms with Gasteiger partial charge in [0, 0.05) is 11.4 Å². The first-order chi connectivity index (χ1) is 15.1. The summed E-state index contributed by atoms with van der Waals surface area (Å²) < 4.78 is 12.6. The van der Waals surface area contributed by atoms with Gasteiger partial charge in [0.25, 0.3) is 5.91 Å². The average molecular weight is 413 g/mol. The number of aryl methyl sites for hydroxylation is 1. The van der Waals surface area contributed by atoms with Crippen molar-refractivity contribution in [3.63, 3.8) is 0 Å². The van der Waals surface area contributed by atoms with E-state index >= 15 is 0 Å². The Hall–Kier alpha value is -4.25. The summed E-state index contributed by atoms with van der Waals surface area (Å²) in [7, 11) is 0. The molecule has 8 nitrogen and oxygen atoms in total. The lowest BCUT2D eigenvalue weighted by Crippen LogP contribution is -2.31. The van der Waals surface area contributed by atoms with Crippen LogP contribution in [0.15, 0.2) is 59.9 Å². The van der Waals surface area contributed by atoms with E-state index in [1.165, 1.54) is 6.20 Å². The van der Waals surface area contributed by atoms with Gasteiger partial charge >= 0.3 is 0 Å². The van der Waals surface area contributed by atoms with Gasteiger partial charge in [0.15, 0.2) is 11.5 Å². The number of para-hydroxylation sites is 1. The standard InChI is InChI=1S/C23H19N5O3/c1-13-5-3-4-6-17(13)27-23(29)20-14(2)26-22-16(10-24)11-25-28(22)21(20)15-7-8-18-19(9-15)31-12-30-18/h3-9,11,21,26H,12H2,1-2H3,(H,27,29). The Balaban J connectivity index is 1.62. The van der Waals surface area contributed by atoms with Crippen LogP contribution < -0.4 is 20.1 Å². The first-order valence-electron chi connectivity index (χ1n) is 9.78. The van der Waals surface area contributed by atoms with Crippen molar-refractivity contribution in [3.05, 3.63) is 76.6 Å². The summed E-state index contributed by atoms with van der Waals surface area (Å²) in [5.74, 6) is 1.57. The molecule has 1 atom stereocenters. The molecule has 5 rings (SSSR count). The zero-order valence-electron chi connectivity index (χ0n) is 17.0. The lowest BCUT2D eigenvalue weighted by Gasteiger charge is -2.30. The van der Waals surface area contributed by atoms with Crippen molar-refractivity contribution in [2.24, 2.45) is 0 Å². The van der Waals surface area contributed by atoms with Crippen LogP contribution in [0.1, 0.15) is 29.7 Å². The van der Waals surface area contributed by atoms with E-state index in [2.05, 4.69) is 21.8 Å². The number of rotatable bonds is 3. The molecule has 0 spiro atoms. The average Bonchev–Trinajstić information content (AvgIpc) is 3.40. The Morgan fingerprint density at radius 3 is 2.84 bits per heavy atom. The monoisotopic (exact) mass is 413 g/mol. The van der Waals surface area contributed by atoms with Crippen molar-refractivity contribution >= 4 is 17.4 Å². The molecule has 2 aliphatic rings. The summed E-state index contributed by atoms with van der Waals surface area (Å²) in [6.45, 7) is 3.92. The van der Waals surface area contributed by atoms with Gasteiger partial charge in [0.2, 0.25) is 6.79 Å². The normalized spacial score (nSPS) is 16.4. The second kappa shape index (κ2) is 7.22. The second-order valence-corrected chi connectivity index (χ2v) is 7.41. The molecule has 0 saturated heterocycles. The highest BCUT2D eigenvalue weighted by molar-refractivity contribution is 6.06. The van der Waals surface area contributed by atoms with Crippen LogP contribution in [0.2, 0.25) is 0 Å². The smallest absolute Gasteiger partial charge is 0.255 e. The van der Waals surface area contributed by atoms with Gasteiger partial charge in [0.05, 0.1) is 11.8 Å². The fraction of sp³-hybridized carbons (Fsp3) is 0.174. The van der Waals surface area contributed by atoms with Crippen molar-refractivity contribution in [1.82, 2.24) is 9.78 Å². The number of hydrogen-bond acceptors (Lipinski definition) is 6. The van der Waals surface area contributed by atoms with Crippen molar-refractivity contribution in [3.8, 4) is 17.6 Å². The van der Waals surface area contributed by atoms with E-state index in [1.807, 2.05) is 56.3 Å². The third-order valence-corrected chi connectivity index (χ3v) is 5.49. The number of nitrogens with one attached hydrogen (secondary N) is 2. The first-order valence-corrected chi connectivity index (χ1v) is 9.78. The number of benzene rings is 2. The number of carbonyl (C=O) groups is 1. The van der Waals surface area contributed by atoms with E-state index < -0.39 is 6.04 Å². The molecular weight excluding hydrogens is 394 g/mol. The van der Waals surface area contributed by atoms with Crippen LogP contribution in [-0.2, 0) is 4.79 Å². The summed E-state index contributed by atoms with van der Waals surface area (Å²) in [6, 6.07) is 14.8.